The van der Waals surface area contributed by atoms with Crippen LogP contribution in [0.5, 0.6) is 0 Å². The van der Waals surface area contributed by atoms with Crippen molar-refractivity contribution in [3.05, 3.63) is 6.92 Å². The Hall–Kier alpha value is 0.662. The maximum atomic E-state index is 4.74. The van der Waals surface area contributed by atoms with Gasteiger partial charge in [-0.25, -0.2) is 6.32 Å². The molecule has 0 unspecified atom stereocenters. The van der Waals surface area contributed by atoms with Crippen LogP contribution in [0.1, 0.15) is 0 Å². The molecule has 0 aliphatic rings. The Morgan fingerprint density at radius 1 is 1.75 bits per heavy atom. The van der Waals surface area contributed by atoms with E-state index >= 15 is 0 Å². The van der Waals surface area contributed by atoms with E-state index in [9.17, 15) is 0 Å². The Morgan fingerprint density at radius 2 is 1.75 bits per heavy atom. The zero-order valence-corrected chi connectivity index (χ0v) is 2.99. The molecule has 0 saturated carbocycles. The molecule has 0 heterocycles. The number of hydrogen-bond acceptors (Lipinski definition) is 0. The fraction of sp³-hybridized carbons (Fsp3) is 0.500. The van der Waals surface area contributed by atoms with Crippen molar-refractivity contribution in [2.75, 3.05) is 0 Å². The molecule has 0 aromatic carbocycles. The average Bonchev–Trinajstić information content (AvgIpc) is 0.918. The van der Waals surface area contributed by atoms with Gasteiger partial charge in [-0.2, -0.15) is 0 Å². The van der Waals surface area contributed by atoms with E-state index < -0.39 is 0 Å². The van der Waals surface area contributed by atoms with Gasteiger partial charge in [0.25, 0.3) is 0 Å². The molecule has 0 aliphatic heterocycles. The summed E-state index contributed by atoms with van der Waals surface area (Å²) in [5, 5.41) is 0. The quantitative estimate of drug-likeness (QED) is 0.207. The van der Waals surface area contributed by atoms with E-state index in [2.05, 4.69) is 6.92 Å². The molecule has 0 bridgehead atoms. The van der Waals surface area contributed by atoms with Crippen molar-refractivity contribution in [1.29, 1.82) is 0 Å². The van der Waals surface area contributed by atoms with Gasteiger partial charge in [-0.1, -0.05) is 0 Å². The Labute approximate surface area is 40.6 Å². The van der Waals surface area contributed by atoms with Crippen molar-refractivity contribution in [3.8, 4) is 0 Å². The van der Waals surface area contributed by atoms with Crippen LogP contribution in [0.4, 0.5) is 0 Å². The SMILES string of the molecule is [B]C[CH2-].[Li+]. The van der Waals surface area contributed by atoms with E-state index in [4.69, 9.17) is 7.85 Å². The third-order valence-electron chi connectivity index (χ3n) is 0. The first-order valence-corrected chi connectivity index (χ1v) is 0.908. The summed E-state index contributed by atoms with van der Waals surface area (Å²) in [6, 6.07) is 0. The zero-order valence-electron chi connectivity index (χ0n) is 2.99. The second kappa shape index (κ2) is 9.39. The van der Waals surface area contributed by atoms with Crippen LogP contribution in [0.25, 0.3) is 0 Å². The molecule has 16 valence electrons. The van der Waals surface area contributed by atoms with Crippen LogP contribution in [0.2, 0.25) is 6.32 Å². The van der Waals surface area contributed by atoms with Gasteiger partial charge in [-0.3, -0.25) is 0 Å². The van der Waals surface area contributed by atoms with E-state index in [1.54, 1.807) is 0 Å². The summed E-state index contributed by atoms with van der Waals surface area (Å²) >= 11 is 0. The maximum absolute atomic E-state index is 4.74. The van der Waals surface area contributed by atoms with Gasteiger partial charge in [0, 0.05) is 7.85 Å². The van der Waals surface area contributed by atoms with Gasteiger partial charge in [0.2, 0.25) is 0 Å². The Bertz CT molecular complexity index is 6.00. The standard InChI is InChI=1S/C2H4B.Li/c1-2-3;/h1-2H2;/q-1;+1. The van der Waals surface area contributed by atoms with Gasteiger partial charge in [0.05, 0.1) is 0 Å². The Morgan fingerprint density at radius 3 is 1.75 bits per heavy atom. The molecule has 0 aromatic rings. The summed E-state index contributed by atoms with van der Waals surface area (Å²) in [6.45, 7) is 3.26. The van der Waals surface area contributed by atoms with Crippen LogP contribution in [0, 0.1) is 6.92 Å². The molecule has 4 heavy (non-hydrogen) atoms. The second-order valence-corrected chi connectivity index (χ2v) is 0.289. The largest absolute Gasteiger partial charge is 1.00 e. The van der Waals surface area contributed by atoms with Crippen LogP contribution in [0.3, 0.4) is 0 Å². The first-order chi connectivity index (χ1) is 1.41. The summed E-state index contributed by atoms with van der Waals surface area (Å²) in [7, 11) is 4.74. The number of hydrogen-bond donors (Lipinski definition) is 0. The second-order valence-electron chi connectivity index (χ2n) is 0.289. The molecule has 2 radical (unpaired) electrons. The summed E-state index contributed by atoms with van der Waals surface area (Å²) in [6.07, 6.45) is 0.500. The molecule has 0 rings (SSSR count). The monoisotopic (exact) mass is 46.1 g/mol. The first kappa shape index (κ1) is 8.82. The first-order valence-electron chi connectivity index (χ1n) is 0.908. The third-order valence-corrected chi connectivity index (χ3v) is 0. The van der Waals surface area contributed by atoms with Crippen molar-refractivity contribution in [1.82, 2.24) is 0 Å². The average molecular weight is 45.8 g/mol. The fourth-order valence-corrected chi connectivity index (χ4v) is 0. The predicted molar refractivity (Wildman–Crippen MR) is 15.9 cm³/mol. The summed E-state index contributed by atoms with van der Waals surface area (Å²) in [4.78, 5) is 0. The molecule has 0 atom stereocenters. The molecule has 0 amide bonds. The van der Waals surface area contributed by atoms with E-state index in [1.165, 1.54) is 0 Å². The van der Waals surface area contributed by atoms with Gasteiger partial charge >= 0.3 is 18.9 Å². The minimum atomic E-state index is 0. The maximum Gasteiger partial charge on any atom is 1.00 e. The zero-order chi connectivity index (χ0) is 2.71. The van der Waals surface area contributed by atoms with E-state index in [0.717, 1.165) is 0 Å². The van der Waals surface area contributed by atoms with Gasteiger partial charge in [0.1, 0.15) is 0 Å². The van der Waals surface area contributed by atoms with Crippen molar-refractivity contribution in [2.45, 2.75) is 6.32 Å². The molecular weight excluding hydrogens is 41.8 g/mol. The van der Waals surface area contributed by atoms with Crippen LogP contribution in [-0.4, -0.2) is 7.85 Å². The van der Waals surface area contributed by atoms with Crippen molar-refractivity contribution < 1.29 is 18.9 Å². The topological polar surface area (TPSA) is 0 Å². The minimum Gasteiger partial charge on any atom is -0.351 e. The van der Waals surface area contributed by atoms with Crippen LogP contribution in [-0.2, 0) is 0 Å². The fourth-order valence-electron chi connectivity index (χ4n) is 0. The van der Waals surface area contributed by atoms with Crippen LogP contribution in [0.15, 0.2) is 0 Å². The van der Waals surface area contributed by atoms with Gasteiger partial charge < -0.3 is 6.92 Å². The Balaban J connectivity index is 0. The molecule has 0 spiro atoms. The van der Waals surface area contributed by atoms with E-state index in [0.29, 0.717) is 6.32 Å². The van der Waals surface area contributed by atoms with Crippen molar-refractivity contribution in [2.24, 2.45) is 0 Å². The smallest absolute Gasteiger partial charge is 0.351 e. The minimum absolute atomic E-state index is 0. The van der Waals surface area contributed by atoms with Crippen molar-refractivity contribution >= 4 is 7.85 Å². The molecule has 0 N–H and O–H groups in total. The van der Waals surface area contributed by atoms with Gasteiger partial charge in [-0.15, -0.1) is 0 Å². The molecule has 0 aromatic heterocycles. The van der Waals surface area contributed by atoms with Crippen LogP contribution >= 0.6 is 0 Å². The number of rotatable bonds is 0. The molecule has 0 nitrogen and oxygen atoms in total. The van der Waals surface area contributed by atoms with Crippen molar-refractivity contribution in [3.63, 3.8) is 0 Å². The normalized spacial score (nSPS) is 4.25. The van der Waals surface area contributed by atoms with Crippen LogP contribution < -0.4 is 18.9 Å². The third kappa shape index (κ3) is 16.8. The van der Waals surface area contributed by atoms with E-state index in [1.807, 2.05) is 0 Å². The summed E-state index contributed by atoms with van der Waals surface area (Å²) in [5.41, 5.74) is 0. The summed E-state index contributed by atoms with van der Waals surface area (Å²) < 4.78 is 0. The molecule has 0 saturated heterocycles. The van der Waals surface area contributed by atoms with Gasteiger partial charge in [0.15, 0.2) is 0 Å². The molecule has 0 aliphatic carbocycles. The van der Waals surface area contributed by atoms with Gasteiger partial charge in [-0.05, 0) is 0 Å². The molecular formula is C2H4BLi. The van der Waals surface area contributed by atoms with E-state index in [-0.39, 0.29) is 18.9 Å². The molecule has 0 fully saturated rings. The Kier molecular flexibility index (Phi) is 20.7. The molecule has 2 heteroatoms. The summed E-state index contributed by atoms with van der Waals surface area (Å²) in [5.74, 6) is 0. The predicted octanol–water partition coefficient (Wildman–Crippen LogP) is -2.59.